The SMILES string of the molecule is CC(C)OCc1ccc(C(=O)NN)cc1. The highest BCUT2D eigenvalue weighted by Crippen LogP contribution is 2.06. The first-order valence-electron chi connectivity index (χ1n) is 4.85. The summed E-state index contributed by atoms with van der Waals surface area (Å²) in [7, 11) is 0. The molecule has 0 radical (unpaired) electrons. The Labute approximate surface area is 89.4 Å². The minimum Gasteiger partial charge on any atom is -0.374 e. The van der Waals surface area contributed by atoms with Crippen molar-refractivity contribution in [2.45, 2.75) is 26.6 Å². The van der Waals surface area contributed by atoms with E-state index in [1.165, 1.54) is 0 Å². The van der Waals surface area contributed by atoms with Gasteiger partial charge in [-0.1, -0.05) is 12.1 Å². The van der Waals surface area contributed by atoms with Gasteiger partial charge in [0.2, 0.25) is 0 Å². The second kappa shape index (κ2) is 5.48. The molecule has 0 heterocycles. The molecule has 0 aromatic heterocycles. The quantitative estimate of drug-likeness (QED) is 0.444. The number of carbonyl (C=O) groups excluding carboxylic acids is 1. The van der Waals surface area contributed by atoms with Crippen LogP contribution in [0.1, 0.15) is 29.8 Å². The van der Waals surface area contributed by atoms with E-state index in [0.717, 1.165) is 5.56 Å². The summed E-state index contributed by atoms with van der Waals surface area (Å²) < 4.78 is 5.43. The van der Waals surface area contributed by atoms with Crippen LogP contribution in [-0.4, -0.2) is 12.0 Å². The van der Waals surface area contributed by atoms with Crippen molar-refractivity contribution in [3.05, 3.63) is 35.4 Å². The van der Waals surface area contributed by atoms with Gasteiger partial charge < -0.3 is 4.74 Å². The zero-order valence-corrected chi connectivity index (χ0v) is 8.99. The van der Waals surface area contributed by atoms with Crippen LogP contribution < -0.4 is 11.3 Å². The summed E-state index contributed by atoms with van der Waals surface area (Å²) in [5, 5.41) is 0. The second-order valence-corrected chi connectivity index (χ2v) is 3.53. The van der Waals surface area contributed by atoms with Crippen LogP contribution in [-0.2, 0) is 11.3 Å². The number of amides is 1. The summed E-state index contributed by atoms with van der Waals surface area (Å²) in [5.74, 6) is 4.73. The molecule has 0 atom stereocenters. The molecule has 4 nitrogen and oxygen atoms in total. The van der Waals surface area contributed by atoms with Crippen LogP contribution in [0.2, 0.25) is 0 Å². The number of nitrogens with one attached hydrogen (secondary N) is 1. The topological polar surface area (TPSA) is 64.3 Å². The van der Waals surface area contributed by atoms with E-state index in [0.29, 0.717) is 12.2 Å². The van der Waals surface area contributed by atoms with E-state index in [-0.39, 0.29) is 12.0 Å². The van der Waals surface area contributed by atoms with Crippen LogP contribution in [0.15, 0.2) is 24.3 Å². The molecule has 0 aliphatic carbocycles. The molecule has 0 fully saturated rings. The highest BCUT2D eigenvalue weighted by Gasteiger charge is 2.02. The number of hydrogen-bond acceptors (Lipinski definition) is 3. The molecule has 1 aromatic carbocycles. The standard InChI is InChI=1S/C11H16N2O2/c1-8(2)15-7-9-3-5-10(6-4-9)11(14)13-12/h3-6,8H,7,12H2,1-2H3,(H,13,14). The van der Waals surface area contributed by atoms with Crippen molar-refractivity contribution in [1.82, 2.24) is 5.43 Å². The summed E-state index contributed by atoms with van der Waals surface area (Å²) in [6.45, 7) is 4.52. The van der Waals surface area contributed by atoms with E-state index in [9.17, 15) is 4.79 Å². The molecule has 82 valence electrons. The Bertz CT molecular complexity index is 320. The molecule has 0 aliphatic heterocycles. The Kier molecular flexibility index (Phi) is 4.27. The smallest absolute Gasteiger partial charge is 0.265 e. The van der Waals surface area contributed by atoms with Gasteiger partial charge in [-0.15, -0.1) is 0 Å². The normalized spacial score (nSPS) is 10.4. The third-order valence-electron chi connectivity index (χ3n) is 1.93. The minimum atomic E-state index is -0.286. The predicted molar refractivity (Wildman–Crippen MR) is 58.0 cm³/mol. The number of rotatable bonds is 4. The van der Waals surface area contributed by atoms with Crippen LogP contribution in [0, 0.1) is 0 Å². The van der Waals surface area contributed by atoms with Gasteiger partial charge in [0.25, 0.3) is 5.91 Å². The van der Waals surface area contributed by atoms with E-state index in [1.54, 1.807) is 12.1 Å². The van der Waals surface area contributed by atoms with Crippen molar-refractivity contribution in [3.8, 4) is 0 Å². The Morgan fingerprint density at radius 1 is 1.40 bits per heavy atom. The Morgan fingerprint density at radius 2 is 2.00 bits per heavy atom. The van der Waals surface area contributed by atoms with E-state index in [2.05, 4.69) is 5.43 Å². The lowest BCUT2D eigenvalue weighted by atomic mass is 10.1. The summed E-state index contributed by atoms with van der Waals surface area (Å²) in [5.41, 5.74) is 3.67. The molecular formula is C11H16N2O2. The van der Waals surface area contributed by atoms with Gasteiger partial charge in [0, 0.05) is 5.56 Å². The van der Waals surface area contributed by atoms with E-state index >= 15 is 0 Å². The van der Waals surface area contributed by atoms with Crippen molar-refractivity contribution in [2.24, 2.45) is 5.84 Å². The Balaban J connectivity index is 2.60. The van der Waals surface area contributed by atoms with Gasteiger partial charge >= 0.3 is 0 Å². The fourth-order valence-electron chi connectivity index (χ4n) is 1.10. The molecule has 15 heavy (non-hydrogen) atoms. The average molecular weight is 208 g/mol. The van der Waals surface area contributed by atoms with Gasteiger partial charge in [0.1, 0.15) is 0 Å². The Hall–Kier alpha value is -1.39. The number of ether oxygens (including phenoxy) is 1. The lowest BCUT2D eigenvalue weighted by Crippen LogP contribution is -2.29. The first kappa shape index (κ1) is 11.7. The van der Waals surface area contributed by atoms with E-state index in [1.807, 2.05) is 26.0 Å². The summed E-state index contributed by atoms with van der Waals surface area (Å²) in [4.78, 5) is 11.1. The lowest BCUT2D eigenvalue weighted by Gasteiger charge is -2.07. The third-order valence-corrected chi connectivity index (χ3v) is 1.93. The molecule has 4 heteroatoms. The summed E-state index contributed by atoms with van der Waals surface area (Å²) in [6.07, 6.45) is 0.206. The molecule has 0 bridgehead atoms. The molecule has 0 aliphatic rings. The minimum absolute atomic E-state index is 0.206. The van der Waals surface area contributed by atoms with Crippen molar-refractivity contribution in [1.29, 1.82) is 0 Å². The second-order valence-electron chi connectivity index (χ2n) is 3.53. The van der Waals surface area contributed by atoms with Crippen LogP contribution in [0.5, 0.6) is 0 Å². The van der Waals surface area contributed by atoms with Gasteiger partial charge in [-0.3, -0.25) is 10.2 Å². The van der Waals surface area contributed by atoms with Gasteiger partial charge in [-0.25, -0.2) is 5.84 Å². The monoisotopic (exact) mass is 208 g/mol. The van der Waals surface area contributed by atoms with Crippen LogP contribution in [0.25, 0.3) is 0 Å². The van der Waals surface area contributed by atoms with Crippen molar-refractivity contribution >= 4 is 5.91 Å². The molecule has 0 saturated carbocycles. The number of hydrazine groups is 1. The number of nitrogen functional groups attached to an aromatic ring is 1. The highest BCUT2D eigenvalue weighted by atomic mass is 16.5. The first-order chi connectivity index (χ1) is 7.13. The van der Waals surface area contributed by atoms with E-state index < -0.39 is 0 Å². The van der Waals surface area contributed by atoms with Gasteiger partial charge in [0.15, 0.2) is 0 Å². The Morgan fingerprint density at radius 3 is 2.47 bits per heavy atom. The fourth-order valence-corrected chi connectivity index (χ4v) is 1.10. The number of benzene rings is 1. The molecule has 0 unspecified atom stereocenters. The average Bonchev–Trinajstić information content (AvgIpc) is 2.26. The lowest BCUT2D eigenvalue weighted by molar-refractivity contribution is 0.0657. The largest absolute Gasteiger partial charge is 0.374 e. The van der Waals surface area contributed by atoms with Crippen molar-refractivity contribution < 1.29 is 9.53 Å². The fraction of sp³-hybridized carbons (Fsp3) is 0.364. The zero-order chi connectivity index (χ0) is 11.3. The van der Waals surface area contributed by atoms with Crippen molar-refractivity contribution in [2.75, 3.05) is 0 Å². The third kappa shape index (κ3) is 3.69. The highest BCUT2D eigenvalue weighted by molar-refractivity contribution is 5.93. The van der Waals surface area contributed by atoms with Gasteiger partial charge in [0.05, 0.1) is 12.7 Å². The molecule has 0 spiro atoms. The van der Waals surface area contributed by atoms with E-state index in [4.69, 9.17) is 10.6 Å². The molecule has 1 amide bonds. The maximum atomic E-state index is 11.1. The summed E-state index contributed by atoms with van der Waals surface area (Å²) in [6, 6.07) is 7.16. The van der Waals surface area contributed by atoms with Gasteiger partial charge in [-0.05, 0) is 31.5 Å². The number of nitrogens with two attached hydrogens (primary N) is 1. The van der Waals surface area contributed by atoms with Crippen LogP contribution in [0.4, 0.5) is 0 Å². The predicted octanol–water partition coefficient (Wildman–Crippen LogP) is 1.22. The number of hydrogen-bond donors (Lipinski definition) is 2. The molecule has 1 rings (SSSR count). The zero-order valence-electron chi connectivity index (χ0n) is 8.99. The number of carbonyl (C=O) groups is 1. The molecule has 0 saturated heterocycles. The molecule has 3 N–H and O–H groups in total. The molecule has 1 aromatic rings. The summed E-state index contributed by atoms with van der Waals surface area (Å²) >= 11 is 0. The van der Waals surface area contributed by atoms with Crippen molar-refractivity contribution in [3.63, 3.8) is 0 Å². The maximum Gasteiger partial charge on any atom is 0.265 e. The molecular weight excluding hydrogens is 192 g/mol. The van der Waals surface area contributed by atoms with Crippen LogP contribution >= 0.6 is 0 Å². The first-order valence-corrected chi connectivity index (χ1v) is 4.85. The van der Waals surface area contributed by atoms with Crippen LogP contribution in [0.3, 0.4) is 0 Å². The maximum absolute atomic E-state index is 11.1. The van der Waals surface area contributed by atoms with Gasteiger partial charge in [-0.2, -0.15) is 0 Å².